The number of fused-ring (bicyclic) bond motifs is 1. The van der Waals surface area contributed by atoms with Crippen molar-refractivity contribution < 1.29 is 14.3 Å². The van der Waals surface area contributed by atoms with Gasteiger partial charge in [-0.05, 0) is 41.8 Å². The van der Waals surface area contributed by atoms with Crippen LogP contribution in [-0.4, -0.2) is 29.3 Å². The number of aromatic nitrogens is 2. The number of ether oxygens (including phenoxy) is 2. The summed E-state index contributed by atoms with van der Waals surface area (Å²) in [6.07, 6.45) is 0.528. The number of hydrogen-bond acceptors (Lipinski definition) is 5. The van der Waals surface area contributed by atoms with Crippen LogP contribution in [0.3, 0.4) is 0 Å². The summed E-state index contributed by atoms with van der Waals surface area (Å²) >= 11 is 0. The maximum absolute atomic E-state index is 13.3. The van der Waals surface area contributed by atoms with E-state index in [0.29, 0.717) is 28.8 Å². The number of carbonyl (C=O) groups excluding carboxylic acids is 1. The number of aryl methyl sites for hydroxylation is 1. The van der Waals surface area contributed by atoms with Gasteiger partial charge in [-0.3, -0.25) is 18.7 Å². The number of methoxy groups -OCH3 is 2. The maximum Gasteiger partial charge on any atom is 0.331 e. The van der Waals surface area contributed by atoms with Crippen molar-refractivity contribution in [1.29, 1.82) is 0 Å². The molecule has 0 aliphatic carbocycles. The molecule has 0 bridgehead atoms. The summed E-state index contributed by atoms with van der Waals surface area (Å²) in [7, 11) is 3.10. The van der Waals surface area contributed by atoms with Crippen molar-refractivity contribution in [2.24, 2.45) is 0 Å². The zero-order chi connectivity index (χ0) is 24.8. The van der Waals surface area contributed by atoms with E-state index in [1.54, 1.807) is 50.6 Å². The largest absolute Gasteiger partial charge is 0.493 e. The Hall–Kier alpha value is -4.33. The van der Waals surface area contributed by atoms with Crippen LogP contribution in [0.15, 0.2) is 82.4 Å². The maximum atomic E-state index is 13.3. The van der Waals surface area contributed by atoms with Gasteiger partial charge < -0.3 is 14.8 Å². The predicted octanol–water partition coefficient (Wildman–Crippen LogP) is 2.74. The standard InChI is InChI=1S/C27H27N3O5/c1-34-23-13-12-20(16-24(23)35-2)17-28-25(31)18-30-22-11-7-6-10-21(22)26(32)29(27(30)33)15-14-19-8-4-3-5-9-19/h3-13,16H,14-15,17-18H2,1-2H3,(H,28,31). The van der Waals surface area contributed by atoms with Gasteiger partial charge >= 0.3 is 5.69 Å². The Morgan fingerprint density at radius 1 is 0.829 bits per heavy atom. The van der Waals surface area contributed by atoms with E-state index in [9.17, 15) is 14.4 Å². The van der Waals surface area contributed by atoms with E-state index in [-0.39, 0.29) is 31.1 Å². The number of nitrogens with one attached hydrogen (secondary N) is 1. The van der Waals surface area contributed by atoms with Gasteiger partial charge in [-0.25, -0.2) is 4.79 Å². The van der Waals surface area contributed by atoms with Crippen LogP contribution in [0, 0.1) is 0 Å². The topological polar surface area (TPSA) is 91.6 Å². The molecule has 1 heterocycles. The van der Waals surface area contributed by atoms with Crippen molar-refractivity contribution >= 4 is 16.8 Å². The normalized spacial score (nSPS) is 10.8. The first kappa shape index (κ1) is 23.8. The lowest BCUT2D eigenvalue weighted by atomic mass is 10.1. The van der Waals surface area contributed by atoms with Crippen molar-refractivity contribution in [3.8, 4) is 11.5 Å². The molecule has 1 aromatic heterocycles. The lowest BCUT2D eigenvalue weighted by Crippen LogP contribution is -2.42. The van der Waals surface area contributed by atoms with Gasteiger partial charge in [0.2, 0.25) is 5.91 Å². The van der Waals surface area contributed by atoms with Crippen molar-refractivity contribution in [1.82, 2.24) is 14.5 Å². The van der Waals surface area contributed by atoms with Gasteiger partial charge in [0.25, 0.3) is 5.56 Å². The average Bonchev–Trinajstić information content (AvgIpc) is 2.90. The fourth-order valence-corrected chi connectivity index (χ4v) is 4.00. The minimum Gasteiger partial charge on any atom is -0.493 e. The molecular formula is C27H27N3O5. The summed E-state index contributed by atoms with van der Waals surface area (Å²) in [6.45, 7) is 0.261. The van der Waals surface area contributed by atoms with Crippen LogP contribution in [0.4, 0.5) is 0 Å². The molecule has 180 valence electrons. The quantitative estimate of drug-likeness (QED) is 0.404. The second-order valence-electron chi connectivity index (χ2n) is 8.04. The van der Waals surface area contributed by atoms with E-state index >= 15 is 0 Å². The molecule has 0 saturated heterocycles. The number of amides is 1. The first-order chi connectivity index (χ1) is 17.0. The molecular weight excluding hydrogens is 446 g/mol. The Balaban J connectivity index is 1.58. The Morgan fingerprint density at radius 3 is 2.29 bits per heavy atom. The van der Waals surface area contributed by atoms with Crippen LogP contribution in [0.25, 0.3) is 10.9 Å². The Bertz CT molecular complexity index is 1460. The number of hydrogen-bond donors (Lipinski definition) is 1. The van der Waals surface area contributed by atoms with Crippen LogP contribution in [0.2, 0.25) is 0 Å². The predicted molar refractivity (Wildman–Crippen MR) is 134 cm³/mol. The fraction of sp³-hybridized carbons (Fsp3) is 0.222. The van der Waals surface area contributed by atoms with E-state index in [1.165, 1.54) is 9.13 Å². The minimum absolute atomic E-state index is 0.210. The van der Waals surface area contributed by atoms with Crippen molar-refractivity contribution in [3.63, 3.8) is 0 Å². The van der Waals surface area contributed by atoms with Gasteiger partial charge in [-0.1, -0.05) is 48.5 Å². The molecule has 35 heavy (non-hydrogen) atoms. The molecule has 0 spiro atoms. The lowest BCUT2D eigenvalue weighted by Gasteiger charge is -2.15. The third-order valence-corrected chi connectivity index (χ3v) is 5.84. The highest BCUT2D eigenvalue weighted by Gasteiger charge is 2.15. The molecule has 0 fully saturated rings. The van der Waals surface area contributed by atoms with Gasteiger partial charge in [-0.2, -0.15) is 0 Å². The molecule has 0 unspecified atom stereocenters. The average molecular weight is 474 g/mol. The molecule has 8 nitrogen and oxygen atoms in total. The van der Waals surface area contributed by atoms with Crippen molar-refractivity contribution in [3.05, 3.63) is 105 Å². The second kappa shape index (κ2) is 10.7. The van der Waals surface area contributed by atoms with Gasteiger partial charge in [0.15, 0.2) is 11.5 Å². The summed E-state index contributed by atoms with van der Waals surface area (Å²) in [5, 5.41) is 3.23. The van der Waals surface area contributed by atoms with E-state index in [0.717, 1.165) is 11.1 Å². The summed E-state index contributed by atoms with van der Waals surface area (Å²) in [5.74, 6) is 0.811. The monoisotopic (exact) mass is 473 g/mol. The minimum atomic E-state index is -0.508. The number of carbonyl (C=O) groups is 1. The highest BCUT2D eigenvalue weighted by molar-refractivity contribution is 5.81. The van der Waals surface area contributed by atoms with Gasteiger partial charge in [0.1, 0.15) is 6.54 Å². The Morgan fingerprint density at radius 2 is 1.54 bits per heavy atom. The molecule has 0 radical (unpaired) electrons. The molecule has 1 N–H and O–H groups in total. The smallest absolute Gasteiger partial charge is 0.331 e. The highest BCUT2D eigenvalue weighted by atomic mass is 16.5. The number of nitrogens with zero attached hydrogens (tertiary/aromatic N) is 2. The summed E-state index contributed by atoms with van der Waals surface area (Å²) in [6, 6.07) is 21.9. The fourth-order valence-electron chi connectivity index (χ4n) is 4.00. The zero-order valence-electron chi connectivity index (χ0n) is 19.7. The Kier molecular flexibility index (Phi) is 7.30. The van der Waals surface area contributed by atoms with Gasteiger partial charge in [-0.15, -0.1) is 0 Å². The molecule has 1 amide bonds. The first-order valence-corrected chi connectivity index (χ1v) is 11.3. The molecule has 8 heteroatoms. The third-order valence-electron chi connectivity index (χ3n) is 5.84. The molecule has 4 rings (SSSR count). The SMILES string of the molecule is COc1ccc(CNC(=O)Cn2c(=O)n(CCc3ccccc3)c(=O)c3ccccc32)cc1OC. The van der Waals surface area contributed by atoms with Crippen LogP contribution in [-0.2, 0) is 30.8 Å². The molecule has 0 aliphatic heterocycles. The number of benzene rings is 3. The molecule has 0 atom stereocenters. The molecule has 0 saturated carbocycles. The van der Waals surface area contributed by atoms with E-state index < -0.39 is 5.69 Å². The van der Waals surface area contributed by atoms with Crippen LogP contribution < -0.4 is 26.0 Å². The zero-order valence-corrected chi connectivity index (χ0v) is 19.7. The van der Waals surface area contributed by atoms with Crippen LogP contribution in [0.1, 0.15) is 11.1 Å². The highest BCUT2D eigenvalue weighted by Crippen LogP contribution is 2.27. The summed E-state index contributed by atoms with van der Waals surface area (Å²) in [4.78, 5) is 39.2. The summed E-state index contributed by atoms with van der Waals surface area (Å²) < 4.78 is 13.1. The van der Waals surface area contributed by atoms with Gasteiger partial charge in [0, 0.05) is 13.1 Å². The third kappa shape index (κ3) is 5.27. The van der Waals surface area contributed by atoms with E-state index in [1.807, 2.05) is 36.4 Å². The van der Waals surface area contributed by atoms with E-state index in [2.05, 4.69) is 5.32 Å². The van der Waals surface area contributed by atoms with Crippen LogP contribution >= 0.6 is 0 Å². The van der Waals surface area contributed by atoms with Crippen molar-refractivity contribution in [2.45, 2.75) is 26.1 Å². The number of rotatable bonds is 9. The molecule has 0 aliphatic rings. The first-order valence-electron chi connectivity index (χ1n) is 11.3. The van der Waals surface area contributed by atoms with Crippen LogP contribution in [0.5, 0.6) is 11.5 Å². The van der Waals surface area contributed by atoms with E-state index in [4.69, 9.17) is 9.47 Å². The molecule has 4 aromatic rings. The number of para-hydroxylation sites is 1. The Labute approximate surface area is 202 Å². The van der Waals surface area contributed by atoms with Crippen molar-refractivity contribution in [2.75, 3.05) is 14.2 Å². The second-order valence-corrected chi connectivity index (χ2v) is 8.04. The van der Waals surface area contributed by atoms with Gasteiger partial charge in [0.05, 0.1) is 25.1 Å². The lowest BCUT2D eigenvalue weighted by molar-refractivity contribution is -0.121. The summed E-state index contributed by atoms with van der Waals surface area (Å²) in [5.41, 5.74) is 1.40. The molecule has 3 aromatic carbocycles.